The van der Waals surface area contributed by atoms with E-state index in [1.165, 1.54) is 6.08 Å². The van der Waals surface area contributed by atoms with Gasteiger partial charge in [0.15, 0.2) is 0 Å². The fourth-order valence-corrected chi connectivity index (χ4v) is 3.92. The zero-order valence-electron chi connectivity index (χ0n) is 16.1. The molecule has 0 fully saturated rings. The van der Waals surface area contributed by atoms with Gasteiger partial charge in [0.25, 0.3) is 0 Å². The summed E-state index contributed by atoms with van der Waals surface area (Å²) in [7, 11) is 0. The third kappa shape index (κ3) is 4.01. The monoisotopic (exact) mass is 384 g/mol. The van der Waals surface area contributed by atoms with Gasteiger partial charge in [-0.15, -0.1) is 0 Å². The van der Waals surface area contributed by atoms with Gasteiger partial charge < -0.3 is 15.0 Å². The lowest BCUT2D eigenvalue weighted by Crippen LogP contribution is -2.03. The smallest absolute Gasteiger partial charge is 0.117 e. The minimum Gasteiger partial charge on any atom is -0.337 e. The lowest BCUT2D eigenvalue weighted by Gasteiger charge is -2.08. The Morgan fingerprint density at radius 1 is 1.22 bits per heavy atom. The maximum atomic E-state index is 14.3. The molecule has 0 amide bonds. The van der Waals surface area contributed by atoms with E-state index < -0.39 is 0 Å². The number of allylic oxidation sites excluding steroid dienone is 1. The number of hydrogen-bond donors (Lipinski definition) is 2. The predicted octanol–water partition coefficient (Wildman–Crippen LogP) is 5.13. The third-order valence-corrected chi connectivity index (χ3v) is 5.00. The van der Waals surface area contributed by atoms with Gasteiger partial charge in [0.05, 0.1) is 6.54 Å². The van der Waals surface area contributed by atoms with E-state index in [0.29, 0.717) is 0 Å². The summed E-state index contributed by atoms with van der Waals surface area (Å²) in [5.74, 6) is -0.225. The van der Waals surface area contributed by atoms with Gasteiger partial charge in [-0.3, -0.25) is 4.98 Å². The molecule has 0 bridgehead atoms. The molecule has 1 aromatic carbocycles. The van der Waals surface area contributed by atoms with Gasteiger partial charge in [0.1, 0.15) is 5.83 Å². The summed E-state index contributed by atoms with van der Waals surface area (Å²) in [4.78, 5) is 4.49. The lowest BCUT2D eigenvalue weighted by molar-refractivity contribution is 0.555. The van der Waals surface area contributed by atoms with Crippen LogP contribution in [0.2, 0.25) is 0 Å². The molecule has 4 nitrogen and oxygen atoms in total. The molecule has 2 heterocycles. The van der Waals surface area contributed by atoms with Gasteiger partial charge in [-0.25, -0.2) is 4.39 Å². The fraction of sp³-hybridized carbons (Fsp3) is 0.286. The molecule has 0 spiro atoms. The Balaban J connectivity index is 2.28. The van der Waals surface area contributed by atoms with Crippen LogP contribution in [0.3, 0.4) is 0 Å². The number of aromatic nitrogens is 2. The first-order valence-electron chi connectivity index (χ1n) is 8.86. The van der Waals surface area contributed by atoms with Crippen molar-refractivity contribution >= 4 is 28.5 Å². The van der Waals surface area contributed by atoms with Gasteiger partial charge in [-0.05, 0) is 62.7 Å². The van der Waals surface area contributed by atoms with E-state index in [1.54, 1.807) is 11.9 Å². The first-order valence-corrected chi connectivity index (χ1v) is 10.1. The molecule has 3 aromatic rings. The summed E-state index contributed by atoms with van der Waals surface area (Å²) < 4.78 is 19.6. The Morgan fingerprint density at radius 3 is 2.56 bits per heavy atom. The van der Waals surface area contributed by atoms with Crippen LogP contribution in [0.15, 0.2) is 42.2 Å². The number of nitrogens with one attached hydrogen (secondary N) is 1. The van der Waals surface area contributed by atoms with Gasteiger partial charge in [-0.2, -0.15) is 0 Å². The molecule has 27 heavy (non-hydrogen) atoms. The summed E-state index contributed by atoms with van der Waals surface area (Å²) in [5.41, 5.74) is 12.7. The van der Waals surface area contributed by atoms with Crippen LogP contribution in [-0.4, -0.2) is 22.4 Å². The number of nitrogens with two attached hydrogens (primary N) is 1. The Morgan fingerprint density at radius 2 is 1.93 bits per heavy atom. The van der Waals surface area contributed by atoms with Crippen molar-refractivity contribution in [3.05, 3.63) is 59.3 Å². The Labute approximate surface area is 163 Å². The average molecular weight is 385 g/mol. The number of nitrogens with zero attached hydrogens (tertiary/aromatic N) is 2. The maximum absolute atomic E-state index is 14.3. The minimum atomic E-state index is -0.225. The second kappa shape index (κ2) is 8.15. The van der Waals surface area contributed by atoms with Crippen LogP contribution in [0, 0.1) is 20.8 Å². The van der Waals surface area contributed by atoms with Crippen LogP contribution in [0.1, 0.15) is 17.1 Å². The molecule has 0 aliphatic carbocycles. The van der Waals surface area contributed by atoms with Crippen molar-refractivity contribution in [1.82, 2.24) is 9.55 Å². The highest BCUT2D eigenvalue weighted by atomic mass is 32.2. The topological polar surface area (TPSA) is 55.9 Å². The largest absolute Gasteiger partial charge is 0.337 e. The van der Waals surface area contributed by atoms with E-state index in [1.807, 2.05) is 43.7 Å². The van der Waals surface area contributed by atoms with Gasteiger partial charge in [0, 0.05) is 52.0 Å². The van der Waals surface area contributed by atoms with Gasteiger partial charge in [-0.1, -0.05) is 11.9 Å². The molecule has 142 valence electrons. The first-order chi connectivity index (χ1) is 12.9. The molecular formula is C21H25FN4S. The summed E-state index contributed by atoms with van der Waals surface area (Å²) in [6.45, 7) is 6.40. The van der Waals surface area contributed by atoms with E-state index in [0.717, 1.165) is 44.8 Å². The summed E-state index contributed by atoms with van der Waals surface area (Å²) in [5, 5.41) is 1.09. The number of benzene rings is 1. The maximum Gasteiger partial charge on any atom is 0.117 e. The fourth-order valence-electron chi connectivity index (χ4n) is 3.55. The van der Waals surface area contributed by atoms with Crippen LogP contribution in [0.5, 0.6) is 0 Å². The van der Waals surface area contributed by atoms with Crippen LogP contribution >= 0.6 is 11.9 Å². The number of pyridine rings is 1. The van der Waals surface area contributed by atoms with E-state index >= 15 is 0 Å². The van der Waals surface area contributed by atoms with Crippen molar-refractivity contribution in [2.45, 2.75) is 27.3 Å². The van der Waals surface area contributed by atoms with Crippen molar-refractivity contribution in [2.75, 3.05) is 17.5 Å². The van der Waals surface area contributed by atoms with Crippen LogP contribution < -0.4 is 10.5 Å². The van der Waals surface area contributed by atoms with E-state index in [4.69, 9.17) is 5.73 Å². The van der Waals surface area contributed by atoms with Crippen LogP contribution in [0.25, 0.3) is 22.0 Å². The van der Waals surface area contributed by atoms with Gasteiger partial charge in [0.2, 0.25) is 0 Å². The SMILES string of the molecule is CSNc1ccc2c(c1)c(-c1cc(C)nc(C)c1)c(C)n2C/C(F)=C/CN. The summed E-state index contributed by atoms with van der Waals surface area (Å²) >= 11 is 1.55. The molecule has 2 aromatic heterocycles. The Kier molecular flexibility index (Phi) is 5.87. The second-order valence-corrected chi connectivity index (χ2v) is 7.22. The molecule has 0 unspecified atom stereocenters. The molecule has 3 rings (SSSR count). The molecule has 0 aliphatic heterocycles. The highest BCUT2D eigenvalue weighted by Crippen LogP contribution is 2.37. The molecule has 0 aliphatic rings. The van der Waals surface area contributed by atoms with Crippen molar-refractivity contribution in [3.63, 3.8) is 0 Å². The Bertz CT molecular complexity index is 987. The molecule has 0 saturated carbocycles. The van der Waals surface area contributed by atoms with Crippen molar-refractivity contribution in [2.24, 2.45) is 5.73 Å². The van der Waals surface area contributed by atoms with E-state index in [9.17, 15) is 4.39 Å². The van der Waals surface area contributed by atoms with E-state index in [-0.39, 0.29) is 18.9 Å². The highest BCUT2D eigenvalue weighted by Gasteiger charge is 2.17. The summed E-state index contributed by atoms with van der Waals surface area (Å²) in [6, 6.07) is 10.4. The standard InChI is InChI=1S/C21H25FN4S/c1-13-9-16(10-14(2)24-13)21-15(3)26(12-17(22)7-8-23)20-6-5-18(25-27-4)11-19(20)21/h5-7,9-11,25H,8,12,23H2,1-4H3/b17-7-. The molecule has 0 radical (unpaired) electrons. The second-order valence-electron chi connectivity index (χ2n) is 6.61. The van der Waals surface area contributed by atoms with Crippen molar-refractivity contribution < 1.29 is 4.39 Å². The minimum absolute atomic E-state index is 0.178. The number of aryl methyl sites for hydroxylation is 2. The highest BCUT2D eigenvalue weighted by molar-refractivity contribution is 7.99. The Hall–Kier alpha value is -2.31. The molecule has 6 heteroatoms. The number of anilines is 1. The number of fused-ring (bicyclic) bond motifs is 1. The zero-order valence-corrected chi connectivity index (χ0v) is 17.0. The van der Waals surface area contributed by atoms with Crippen molar-refractivity contribution in [1.29, 1.82) is 0 Å². The quantitative estimate of drug-likeness (QED) is 0.579. The lowest BCUT2D eigenvalue weighted by atomic mass is 10.0. The summed E-state index contributed by atoms with van der Waals surface area (Å²) in [6.07, 6.45) is 3.42. The number of rotatable bonds is 6. The molecule has 0 saturated heterocycles. The van der Waals surface area contributed by atoms with Crippen LogP contribution in [0.4, 0.5) is 10.1 Å². The number of hydrogen-bond acceptors (Lipinski definition) is 4. The van der Waals surface area contributed by atoms with Crippen molar-refractivity contribution in [3.8, 4) is 11.1 Å². The van der Waals surface area contributed by atoms with Gasteiger partial charge >= 0.3 is 0 Å². The number of halogens is 1. The molecule has 3 N–H and O–H groups in total. The normalized spacial score (nSPS) is 12.0. The van der Waals surface area contributed by atoms with Crippen LogP contribution in [-0.2, 0) is 6.54 Å². The first kappa shape index (κ1) is 19.5. The average Bonchev–Trinajstić information content (AvgIpc) is 2.86. The predicted molar refractivity (Wildman–Crippen MR) is 115 cm³/mol. The third-order valence-electron chi connectivity index (χ3n) is 4.56. The van der Waals surface area contributed by atoms with E-state index in [2.05, 4.69) is 27.9 Å². The molecule has 0 atom stereocenters. The molecular weight excluding hydrogens is 359 g/mol. The zero-order chi connectivity index (χ0) is 19.6.